The van der Waals surface area contributed by atoms with Gasteiger partial charge in [0.25, 0.3) is 0 Å². The van der Waals surface area contributed by atoms with Crippen LogP contribution in [-0.2, 0) is 4.74 Å². The Bertz CT molecular complexity index is 899. The summed E-state index contributed by atoms with van der Waals surface area (Å²) in [6, 6.07) is 8.44. The molecule has 0 amide bonds. The third-order valence-electron chi connectivity index (χ3n) is 4.99. The fourth-order valence-corrected chi connectivity index (χ4v) is 3.73. The number of pyridine rings is 1. The van der Waals surface area contributed by atoms with Gasteiger partial charge in [-0.1, -0.05) is 45.4 Å². The standard InChI is InChI=1S/C19H24N4O/c1-4-7-15-19-22-16-17(23(19)14(10-24-15)11(2)3)12-8-5-6-9-13(12)21-18(16)20/h5-6,8-9,11,14-15H,4,7,10H2,1-3H3,(H2,20,21)/t14-,15?/m1/s1. The van der Waals surface area contributed by atoms with E-state index in [2.05, 4.69) is 36.4 Å². The fraction of sp³-hybridized carbons (Fsp3) is 0.474. The maximum atomic E-state index is 6.25. The normalized spacial score (nSPS) is 20.8. The van der Waals surface area contributed by atoms with Crippen LogP contribution in [0, 0.1) is 5.92 Å². The number of nitrogen functional groups attached to an aromatic ring is 1. The van der Waals surface area contributed by atoms with Crippen LogP contribution < -0.4 is 5.73 Å². The molecule has 0 bridgehead atoms. The predicted molar refractivity (Wildman–Crippen MR) is 96.9 cm³/mol. The zero-order valence-electron chi connectivity index (χ0n) is 14.5. The Balaban J connectivity index is 2.09. The highest BCUT2D eigenvalue weighted by Gasteiger charge is 2.33. The van der Waals surface area contributed by atoms with E-state index in [1.165, 1.54) is 0 Å². The summed E-state index contributed by atoms with van der Waals surface area (Å²) in [4.78, 5) is 9.44. The number of hydrogen-bond donors (Lipinski definition) is 1. The highest BCUT2D eigenvalue weighted by Crippen LogP contribution is 2.40. The van der Waals surface area contributed by atoms with Crippen molar-refractivity contribution >= 4 is 27.8 Å². The summed E-state index contributed by atoms with van der Waals surface area (Å²) in [5.74, 6) is 1.96. The van der Waals surface area contributed by atoms with E-state index in [1.807, 2.05) is 18.2 Å². The minimum atomic E-state index is 0.0376. The Morgan fingerprint density at radius 3 is 2.83 bits per heavy atom. The van der Waals surface area contributed by atoms with Crippen LogP contribution >= 0.6 is 0 Å². The molecule has 1 aliphatic heterocycles. The van der Waals surface area contributed by atoms with Gasteiger partial charge >= 0.3 is 0 Å². The predicted octanol–water partition coefficient (Wildman–Crippen LogP) is 4.24. The molecule has 0 radical (unpaired) electrons. The number of nitrogens with two attached hydrogens (primary N) is 1. The molecule has 0 spiro atoms. The van der Waals surface area contributed by atoms with Crippen LogP contribution in [-0.4, -0.2) is 21.1 Å². The van der Waals surface area contributed by atoms with Crippen molar-refractivity contribution < 1.29 is 4.74 Å². The molecule has 0 saturated carbocycles. The minimum Gasteiger partial charge on any atom is -0.382 e. The van der Waals surface area contributed by atoms with Gasteiger partial charge in [0, 0.05) is 5.39 Å². The third-order valence-corrected chi connectivity index (χ3v) is 4.99. The smallest absolute Gasteiger partial charge is 0.152 e. The van der Waals surface area contributed by atoms with Gasteiger partial charge < -0.3 is 15.0 Å². The van der Waals surface area contributed by atoms with Crippen molar-refractivity contribution in [1.29, 1.82) is 0 Å². The first-order chi connectivity index (χ1) is 11.6. The van der Waals surface area contributed by atoms with Crippen molar-refractivity contribution in [2.24, 2.45) is 5.92 Å². The molecule has 2 aromatic heterocycles. The number of hydrogen-bond acceptors (Lipinski definition) is 4. The molecule has 2 atom stereocenters. The van der Waals surface area contributed by atoms with Gasteiger partial charge in [-0.2, -0.15) is 0 Å². The minimum absolute atomic E-state index is 0.0376. The van der Waals surface area contributed by atoms with Crippen molar-refractivity contribution in [3.8, 4) is 0 Å². The monoisotopic (exact) mass is 324 g/mol. The Labute approximate surface area is 141 Å². The van der Waals surface area contributed by atoms with Gasteiger partial charge in [0.05, 0.1) is 23.7 Å². The first-order valence-electron chi connectivity index (χ1n) is 8.79. The third kappa shape index (κ3) is 2.18. The first kappa shape index (κ1) is 15.4. The van der Waals surface area contributed by atoms with Crippen LogP contribution in [0.4, 0.5) is 5.82 Å². The van der Waals surface area contributed by atoms with Crippen LogP contribution in [0.2, 0.25) is 0 Å². The maximum Gasteiger partial charge on any atom is 0.152 e. The van der Waals surface area contributed by atoms with Gasteiger partial charge in [-0.15, -0.1) is 0 Å². The summed E-state index contributed by atoms with van der Waals surface area (Å²) in [5.41, 5.74) is 9.08. The van der Waals surface area contributed by atoms with Crippen molar-refractivity contribution in [3.05, 3.63) is 30.1 Å². The average molecular weight is 324 g/mol. The van der Waals surface area contributed by atoms with Gasteiger partial charge in [0.1, 0.15) is 17.4 Å². The van der Waals surface area contributed by atoms with Gasteiger partial charge in [-0.05, 0) is 18.4 Å². The topological polar surface area (TPSA) is 66.0 Å². The molecule has 3 heterocycles. The largest absolute Gasteiger partial charge is 0.382 e. The molecule has 1 aromatic carbocycles. The van der Waals surface area contributed by atoms with Crippen molar-refractivity contribution in [3.63, 3.8) is 0 Å². The van der Waals surface area contributed by atoms with E-state index in [-0.39, 0.29) is 12.1 Å². The lowest BCUT2D eigenvalue weighted by Gasteiger charge is -2.33. The van der Waals surface area contributed by atoms with Crippen molar-refractivity contribution in [2.75, 3.05) is 12.3 Å². The Morgan fingerprint density at radius 2 is 2.08 bits per heavy atom. The van der Waals surface area contributed by atoms with Crippen LogP contribution in [0.1, 0.15) is 51.6 Å². The van der Waals surface area contributed by atoms with Gasteiger partial charge in [0.2, 0.25) is 0 Å². The molecule has 24 heavy (non-hydrogen) atoms. The fourth-order valence-electron chi connectivity index (χ4n) is 3.73. The van der Waals surface area contributed by atoms with E-state index in [4.69, 9.17) is 15.5 Å². The zero-order valence-corrected chi connectivity index (χ0v) is 14.5. The van der Waals surface area contributed by atoms with E-state index in [0.29, 0.717) is 11.7 Å². The van der Waals surface area contributed by atoms with E-state index in [9.17, 15) is 0 Å². The SMILES string of the molecule is CCCC1OC[C@H](C(C)C)n2c1nc1c(N)nc3ccccc3c12. The number of anilines is 1. The lowest BCUT2D eigenvalue weighted by atomic mass is 10.0. The summed E-state index contributed by atoms with van der Waals surface area (Å²) >= 11 is 0. The Kier molecular flexibility index (Phi) is 3.68. The second kappa shape index (κ2) is 5.74. The first-order valence-corrected chi connectivity index (χ1v) is 8.79. The molecule has 5 heteroatoms. The van der Waals surface area contributed by atoms with E-state index in [0.717, 1.165) is 47.2 Å². The number of imidazole rings is 1. The highest BCUT2D eigenvalue weighted by atomic mass is 16.5. The molecule has 1 aliphatic rings. The van der Waals surface area contributed by atoms with Crippen molar-refractivity contribution in [1.82, 2.24) is 14.5 Å². The summed E-state index contributed by atoms with van der Waals surface area (Å²) in [6.07, 6.45) is 2.07. The number of para-hydroxylation sites is 1. The molecule has 1 unspecified atom stereocenters. The van der Waals surface area contributed by atoms with E-state index < -0.39 is 0 Å². The van der Waals surface area contributed by atoms with Crippen LogP contribution in [0.5, 0.6) is 0 Å². The quantitative estimate of drug-likeness (QED) is 0.782. The lowest BCUT2D eigenvalue weighted by Crippen LogP contribution is -2.30. The number of aromatic nitrogens is 3. The average Bonchev–Trinajstić information content (AvgIpc) is 2.97. The summed E-state index contributed by atoms with van der Waals surface area (Å²) < 4.78 is 8.53. The van der Waals surface area contributed by atoms with E-state index >= 15 is 0 Å². The summed E-state index contributed by atoms with van der Waals surface area (Å²) in [7, 11) is 0. The summed E-state index contributed by atoms with van der Waals surface area (Å²) in [5, 5.41) is 1.11. The summed E-state index contributed by atoms with van der Waals surface area (Å²) in [6.45, 7) is 7.36. The number of rotatable bonds is 3. The second-order valence-corrected chi connectivity index (χ2v) is 6.97. The molecular formula is C19H24N4O. The van der Waals surface area contributed by atoms with Crippen molar-refractivity contribution in [2.45, 2.75) is 45.8 Å². The Hall–Kier alpha value is -2.14. The zero-order chi connectivity index (χ0) is 16.8. The van der Waals surface area contributed by atoms with Crippen LogP contribution in [0.25, 0.3) is 21.9 Å². The number of fused-ring (bicyclic) bond motifs is 5. The lowest BCUT2D eigenvalue weighted by molar-refractivity contribution is -0.0172. The highest BCUT2D eigenvalue weighted by molar-refractivity contribution is 6.06. The molecule has 4 rings (SSSR count). The number of nitrogens with zero attached hydrogens (tertiary/aromatic N) is 3. The van der Waals surface area contributed by atoms with E-state index in [1.54, 1.807) is 0 Å². The maximum absolute atomic E-state index is 6.25. The van der Waals surface area contributed by atoms with Gasteiger partial charge in [0.15, 0.2) is 5.82 Å². The number of benzene rings is 1. The Morgan fingerprint density at radius 1 is 1.29 bits per heavy atom. The number of ether oxygens (including phenoxy) is 1. The molecule has 0 aliphatic carbocycles. The molecule has 0 fully saturated rings. The van der Waals surface area contributed by atoms with Crippen LogP contribution in [0.15, 0.2) is 24.3 Å². The molecule has 126 valence electrons. The molecular weight excluding hydrogens is 300 g/mol. The second-order valence-electron chi connectivity index (χ2n) is 6.97. The molecule has 2 N–H and O–H groups in total. The molecule has 5 nitrogen and oxygen atoms in total. The van der Waals surface area contributed by atoms with Gasteiger partial charge in [-0.25, -0.2) is 9.97 Å². The molecule has 0 saturated heterocycles. The van der Waals surface area contributed by atoms with Crippen LogP contribution in [0.3, 0.4) is 0 Å². The van der Waals surface area contributed by atoms with Gasteiger partial charge in [-0.3, -0.25) is 0 Å². The molecule has 3 aromatic rings.